The van der Waals surface area contributed by atoms with Crippen LogP contribution in [-0.4, -0.2) is 0 Å². The molecule has 1 aromatic rings. The molecule has 11 heavy (non-hydrogen) atoms. The van der Waals surface area contributed by atoms with E-state index >= 15 is 0 Å². The average molecular weight is 234 g/mol. The van der Waals surface area contributed by atoms with E-state index in [0.717, 1.165) is 10.6 Å². The second-order valence-electron chi connectivity index (χ2n) is 2.74. The molecule has 0 aliphatic heterocycles. The molecule has 0 N–H and O–H groups in total. The van der Waals surface area contributed by atoms with Gasteiger partial charge in [0.1, 0.15) is 0 Å². The molecule has 60 valence electrons. The van der Waals surface area contributed by atoms with E-state index in [1.54, 1.807) is 0 Å². The largest absolute Gasteiger partial charge is 0.0840 e. The van der Waals surface area contributed by atoms with E-state index in [0.29, 0.717) is 0 Å². The first-order valence-electron chi connectivity index (χ1n) is 3.46. The summed E-state index contributed by atoms with van der Waals surface area (Å²) in [5.41, 5.74) is 3.58. The zero-order valence-corrected chi connectivity index (χ0v) is 9.18. The highest BCUT2D eigenvalue weighted by molar-refractivity contribution is 9.10. The van der Waals surface area contributed by atoms with Crippen LogP contribution < -0.4 is 0 Å². The standard InChI is InChI=1S/C9H10BrCl/c1-5-4-8(11)6(2)7(3)9(5)10/h4H,1-3H3. The molecule has 0 aliphatic carbocycles. The summed E-state index contributed by atoms with van der Waals surface area (Å²) in [6.07, 6.45) is 0. The Morgan fingerprint density at radius 1 is 1.18 bits per heavy atom. The van der Waals surface area contributed by atoms with Gasteiger partial charge in [0, 0.05) is 9.50 Å². The number of hydrogen-bond acceptors (Lipinski definition) is 0. The quantitative estimate of drug-likeness (QED) is 0.635. The van der Waals surface area contributed by atoms with Gasteiger partial charge in [-0.3, -0.25) is 0 Å². The lowest BCUT2D eigenvalue weighted by Gasteiger charge is -2.07. The zero-order valence-electron chi connectivity index (χ0n) is 6.83. The molecule has 0 atom stereocenters. The summed E-state index contributed by atoms with van der Waals surface area (Å²) < 4.78 is 1.17. The van der Waals surface area contributed by atoms with Gasteiger partial charge in [-0.15, -0.1) is 0 Å². The summed E-state index contributed by atoms with van der Waals surface area (Å²) >= 11 is 9.48. The minimum atomic E-state index is 0.850. The van der Waals surface area contributed by atoms with E-state index in [1.165, 1.54) is 15.6 Å². The molecule has 0 nitrogen and oxygen atoms in total. The Labute approximate surface area is 80.7 Å². The SMILES string of the molecule is Cc1cc(Cl)c(C)c(C)c1Br. The van der Waals surface area contributed by atoms with Gasteiger partial charge in [-0.2, -0.15) is 0 Å². The fourth-order valence-corrected chi connectivity index (χ4v) is 1.72. The lowest BCUT2D eigenvalue weighted by molar-refractivity contribution is 1.27. The van der Waals surface area contributed by atoms with Crippen molar-refractivity contribution in [2.45, 2.75) is 20.8 Å². The molecule has 2 heteroatoms. The highest BCUT2D eigenvalue weighted by atomic mass is 79.9. The first-order valence-corrected chi connectivity index (χ1v) is 4.63. The predicted molar refractivity (Wildman–Crippen MR) is 53.4 cm³/mol. The van der Waals surface area contributed by atoms with Crippen molar-refractivity contribution < 1.29 is 0 Å². The van der Waals surface area contributed by atoms with Gasteiger partial charge in [-0.25, -0.2) is 0 Å². The van der Waals surface area contributed by atoms with Crippen LogP contribution in [0.5, 0.6) is 0 Å². The van der Waals surface area contributed by atoms with Gasteiger partial charge in [0.15, 0.2) is 0 Å². The van der Waals surface area contributed by atoms with Gasteiger partial charge in [0.25, 0.3) is 0 Å². The molecule has 0 radical (unpaired) electrons. The molecule has 0 heterocycles. The summed E-state index contributed by atoms with van der Waals surface area (Å²) in [4.78, 5) is 0. The fraction of sp³-hybridized carbons (Fsp3) is 0.333. The van der Waals surface area contributed by atoms with E-state index in [-0.39, 0.29) is 0 Å². The third-order valence-corrected chi connectivity index (χ3v) is 3.55. The maximum atomic E-state index is 5.97. The monoisotopic (exact) mass is 232 g/mol. The molecule has 0 saturated carbocycles. The molecular weight excluding hydrogens is 223 g/mol. The van der Waals surface area contributed by atoms with Crippen LogP contribution in [0.4, 0.5) is 0 Å². The van der Waals surface area contributed by atoms with Crippen LogP contribution in [0.3, 0.4) is 0 Å². The van der Waals surface area contributed by atoms with Gasteiger partial charge in [-0.1, -0.05) is 27.5 Å². The third kappa shape index (κ3) is 1.60. The highest BCUT2D eigenvalue weighted by Crippen LogP contribution is 2.29. The number of halogens is 2. The van der Waals surface area contributed by atoms with Crippen molar-refractivity contribution >= 4 is 27.5 Å². The van der Waals surface area contributed by atoms with E-state index in [2.05, 4.69) is 22.9 Å². The van der Waals surface area contributed by atoms with E-state index in [4.69, 9.17) is 11.6 Å². The Morgan fingerprint density at radius 2 is 1.73 bits per heavy atom. The molecule has 0 aliphatic rings. The van der Waals surface area contributed by atoms with E-state index in [9.17, 15) is 0 Å². The van der Waals surface area contributed by atoms with Crippen molar-refractivity contribution in [2.24, 2.45) is 0 Å². The lowest BCUT2D eigenvalue weighted by atomic mass is 10.1. The van der Waals surface area contributed by atoms with Gasteiger partial charge >= 0.3 is 0 Å². The second-order valence-corrected chi connectivity index (χ2v) is 3.94. The average Bonchev–Trinajstić information content (AvgIpc) is 1.97. The minimum Gasteiger partial charge on any atom is -0.0840 e. The fourth-order valence-electron chi connectivity index (χ4n) is 1.00. The van der Waals surface area contributed by atoms with Crippen LogP contribution in [0.2, 0.25) is 5.02 Å². The summed E-state index contributed by atoms with van der Waals surface area (Å²) in [5.74, 6) is 0. The second kappa shape index (κ2) is 3.16. The molecule has 1 rings (SSSR count). The normalized spacial score (nSPS) is 10.3. The van der Waals surface area contributed by atoms with Crippen LogP contribution in [0, 0.1) is 20.8 Å². The van der Waals surface area contributed by atoms with E-state index < -0.39 is 0 Å². The topological polar surface area (TPSA) is 0 Å². The van der Waals surface area contributed by atoms with Gasteiger partial charge in [0.2, 0.25) is 0 Å². The number of hydrogen-bond donors (Lipinski definition) is 0. The van der Waals surface area contributed by atoms with Crippen molar-refractivity contribution in [3.05, 3.63) is 32.3 Å². The zero-order chi connectivity index (χ0) is 8.59. The summed E-state index contributed by atoms with van der Waals surface area (Å²) in [6, 6.07) is 1.98. The first-order chi connectivity index (χ1) is 5.04. The Bertz CT molecular complexity index is 266. The number of benzene rings is 1. The van der Waals surface area contributed by atoms with Crippen LogP contribution in [-0.2, 0) is 0 Å². The van der Waals surface area contributed by atoms with Gasteiger partial charge in [-0.05, 0) is 43.5 Å². The molecule has 0 fully saturated rings. The smallest absolute Gasteiger partial charge is 0.0441 e. The number of rotatable bonds is 0. The molecule has 0 bridgehead atoms. The molecule has 0 saturated heterocycles. The molecular formula is C9H10BrCl. The first kappa shape index (κ1) is 9.08. The van der Waals surface area contributed by atoms with Crippen LogP contribution >= 0.6 is 27.5 Å². The summed E-state index contributed by atoms with van der Waals surface area (Å²) in [7, 11) is 0. The molecule has 1 aromatic carbocycles. The van der Waals surface area contributed by atoms with Crippen molar-refractivity contribution in [1.29, 1.82) is 0 Å². The Balaban J connectivity index is 3.46. The predicted octanol–water partition coefficient (Wildman–Crippen LogP) is 4.03. The van der Waals surface area contributed by atoms with Crippen molar-refractivity contribution in [2.75, 3.05) is 0 Å². The number of aryl methyl sites for hydroxylation is 1. The Kier molecular flexibility index (Phi) is 2.61. The van der Waals surface area contributed by atoms with Crippen LogP contribution in [0.25, 0.3) is 0 Å². The lowest BCUT2D eigenvalue weighted by Crippen LogP contribution is -1.87. The van der Waals surface area contributed by atoms with Crippen LogP contribution in [0.15, 0.2) is 10.5 Å². The van der Waals surface area contributed by atoms with Crippen molar-refractivity contribution in [1.82, 2.24) is 0 Å². The van der Waals surface area contributed by atoms with Gasteiger partial charge in [0.05, 0.1) is 0 Å². The molecule has 0 amide bonds. The third-order valence-electron chi connectivity index (χ3n) is 1.94. The van der Waals surface area contributed by atoms with Crippen molar-refractivity contribution in [3.63, 3.8) is 0 Å². The molecule has 0 aromatic heterocycles. The minimum absolute atomic E-state index is 0.850. The molecule has 0 spiro atoms. The van der Waals surface area contributed by atoms with Crippen molar-refractivity contribution in [3.8, 4) is 0 Å². The van der Waals surface area contributed by atoms with E-state index in [1.807, 2.05) is 19.9 Å². The summed E-state index contributed by atoms with van der Waals surface area (Å²) in [6.45, 7) is 6.14. The Hall–Kier alpha value is -0.0100. The maximum Gasteiger partial charge on any atom is 0.0441 e. The van der Waals surface area contributed by atoms with Crippen LogP contribution in [0.1, 0.15) is 16.7 Å². The summed E-state index contributed by atoms with van der Waals surface area (Å²) in [5, 5.41) is 0.850. The maximum absolute atomic E-state index is 5.97. The highest BCUT2D eigenvalue weighted by Gasteiger charge is 2.05. The molecule has 0 unspecified atom stereocenters. The Morgan fingerprint density at radius 3 is 2.27 bits per heavy atom. The van der Waals surface area contributed by atoms with Gasteiger partial charge < -0.3 is 0 Å².